The summed E-state index contributed by atoms with van der Waals surface area (Å²) in [6.45, 7) is 5.97. The zero-order valence-electron chi connectivity index (χ0n) is 15.2. The van der Waals surface area contributed by atoms with Crippen molar-refractivity contribution in [2.24, 2.45) is 0 Å². The predicted octanol–water partition coefficient (Wildman–Crippen LogP) is 5.22. The van der Waals surface area contributed by atoms with Gasteiger partial charge in [-0.25, -0.2) is 0 Å². The van der Waals surface area contributed by atoms with E-state index < -0.39 is 0 Å². The quantitative estimate of drug-likeness (QED) is 0.630. The second kappa shape index (κ2) is 7.90. The van der Waals surface area contributed by atoms with Crippen LogP contribution in [0.4, 0.5) is 0 Å². The Labute approximate surface area is 174 Å². The molecule has 0 saturated heterocycles. The van der Waals surface area contributed by atoms with Crippen LogP contribution in [0.2, 0.25) is 10.0 Å². The van der Waals surface area contributed by atoms with E-state index >= 15 is 0 Å². The Hall–Kier alpha value is -2.43. The van der Waals surface area contributed by atoms with Crippen molar-refractivity contribution in [3.63, 3.8) is 0 Å². The molecule has 0 saturated carbocycles. The molecule has 2 aliphatic rings. The molecule has 0 bridgehead atoms. The molecule has 2 aromatic carbocycles. The summed E-state index contributed by atoms with van der Waals surface area (Å²) in [6.07, 6.45) is 4.78. The summed E-state index contributed by atoms with van der Waals surface area (Å²) >= 11 is 12.1. The topological polar surface area (TPSA) is 38.8 Å². The molecular formula is C22H19Cl2NO3. The Morgan fingerprint density at radius 3 is 2.61 bits per heavy atom. The SMILES string of the molecule is C=C1c2cc3c(cc2CCN1C(=O)C=Cc1ccc(Cl)cc1Cl)OCCCO3. The van der Waals surface area contributed by atoms with Gasteiger partial charge in [-0.3, -0.25) is 4.79 Å². The molecule has 2 aliphatic heterocycles. The third-order valence-corrected chi connectivity index (χ3v) is 5.41. The number of hydrogen-bond donors (Lipinski definition) is 0. The summed E-state index contributed by atoms with van der Waals surface area (Å²) in [4.78, 5) is 14.4. The average Bonchev–Trinajstić information content (AvgIpc) is 2.91. The molecular weight excluding hydrogens is 397 g/mol. The fraction of sp³-hybridized carbons (Fsp3) is 0.227. The first-order chi connectivity index (χ1) is 13.5. The average molecular weight is 416 g/mol. The van der Waals surface area contributed by atoms with Gasteiger partial charge in [0.2, 0.25) is 0 Å². The van der Waals surface area contributed by atoms with Crippen LogP contribution in [-0.2, 0) is 11.2 Å². The number of halogens is 2. The summed E-state index contributed by atoms with van der Waals surface area (Å²) in [5, 5.41) is 1.05. The number of hydrogen-bond acceptors (Lipinski definition) is 3. The minimum absolute atomic E-state index is 0.145. The van der Waals surface area contributed by atoms with E-state index in [2.05, 4.69) is 6.58 Å². The second-order valence-electron chi connectivity index (χ2n) is 6.69. The van der Waals surface area contributed by atoms with Crippen molar-refractivity contribution in [2.45, 2.75) is 12.8 Å². The molecule has 4 rings (SSSR count). The zero-order valence-corrected chi connectivity index (χ0v) is 16.7. The lowest BCUT2D eigenvalue weighted by Crippen LogP contribution is -2.33. The summed E-state index contributed by atoms with van der Waals surface area (Å²) in [5.41, 5.74) is 3.43. The molecule has 0 N–H and O–H groups in total. The maximum Gasteiger partial charge on any atom is 0.251 e. The van der Waals surface area contributed by atoms with Crippen molar-refractivity contribution in [3.8, 4) is 11.5 Å². The summed E-state index contributed by atoms with van der Waals surface area (Å²) in [5.74, 6) is 1.32. The molecule has 144 valence electrons. The second-order valence-corrected chi connectivity index (χ2v) is 7.54. The largest absolute Gasteiger partial charge is 0.490 e. The highest BCUT2D eigenvalue weighted by molar-refractivity contribution is 6.35. The van der Waals surface area contributed by atoms with E-state index in [9.17, 15) is 4.79 Å². The number of fused-ring (bicyclic) bond motifs is 2. The molecule has 1 amide bonds. The van der Waals surface area contributed by atoms with E-state index in [1.54, 1.807) is 29.2 Å². The lowest BCUT2D eigenvalue weighted by atomic mass is 9.96. The summed E-state index contributed by atoms with van der Waals surface area (Å²) in [6, 6.07) is 9.10. The fourth-order valence-corrected chi connectivity index (χ4v) is 3.84. The molecule has 6 heteroatoms. The highest BCUT2D eigenvalue weighted by atomic mass is 35.5. The molecule has 4 nitrogen and oxygen atoms in total. The third-order valence-electron chi connectivity index (χ3n) is 4.85. The van der Waals surface area contributed by atoms with Crippen molar-refractivity contribution in [2.75, 3.05) is 19.8 Å². The molecule has 0 atom stereocenters. The first-order valence-corrected chi connectivity index (χ1v) is 9.85. The lowest BCUT2D eigenvalue weighted by molar-refractivity contribution is -0.123. The van der Waals surface area contributed by atoms with Crippen LogP contribution in [-0.4, -0.2) is 30.6 Å². The van der Waals surface area contributed by atoms with Gasteiger partial charge in [-0.05, 0) is 47.9 Å². The van der Waals surface area contributed by atoms with Gasteiger partial charge in [-0.2, -0.15) is 0 Å². The Morgan fingerprint density at radius 1 is 1.11 bits per heavy atom. The van der Waals surface area contributed by atoms with Crippen LogP contribution >= 0.6 is 23.2 Å². The van der Waals surface area contributed by atoms with Gasteiger partial charge in [0, 0.05) is 40.3 Å². The van der Waals surface area contributed by atoms with Gasteiger partial charge in [0.05, 0.1) is 13.2 Å². The monoisotopic (exact) mass is 415 g/mol. The van der Waals surface area contributed by atoms with E-state index in [0.717, 1.165) is 35.3 Å². The van der Waals surface area contributed by atoms with Gasteiger partial charge < -0.3 is 14.4 Å². The van der Waals surface area contributed by atoms with E-state index in [0.29, 0.717) is 41.3 Å². The fourth-order valence-electron chi connectivity index (χ4n) is 3.37. The Bertz CT molecular complexity index is 984. The maximum atomic E-state index is 12.8. The molecule has 0 fully saturated rings. The van der Waals surface area contributed by atoms with Crippen LogP contribution in [0.15, 0.2) is 43.0 Å². The minimum atomic E-state index is -0.145. The highest BCUT2D eigenvalue weighted by Crippen LogP contribution is 2.38. The lowest BCUT2D eigenvalue weighted by Gasteiger charge is -2.30. The van der Waals surface area contributed by atoms with Gasteiger partial charge in [0.25, 0.3) is 5.91 Å². The highest BCUT2D eigenvalue weighted by Gasteiger charge is 2.26. The Kier molecular flexibility index (Phi) is 5.33. The van der Waals surface area contributed by atoms with E-state index in [1.165, 1.54) is 6.08 Å². The molecule has 28 heavy (non-hydrogen) atoms. The van der Waals surface area contributed by atoms with Crippen LogP contribution in [0.25, 0.3) is 11.8 Å². The smallest absolute Gasteiger partial charge is 0.251 e. The number of amides is 1. The number of ether oxygens (including phenoxy) is 2. The molecule has 0 radical (unpaired) electrons. The van der Waals surface area contributed by atoms with Crippen LogP contribution in [0.5, 0.6) is 11.5 Å². The first kappa shape index (κ1) is 18.9. The molecule has 0 aliphatic carbocycles. The van der Waals surface area contributed by atoms with Crippen molar-refractivity contribution in [3.05, 3.63) is 69.7 Å². The van der Waals surface area contributed by atoms with E-state index in [1.807, 2.05) is 12.1 Å². The first-order valence-electron chi connectivity index (χ1n) is 9.09. The number of benzene rings is 2. The van der Waals surface area contributed by atoms with Crippen molar-refractivity contribution >= 4 is 40.9 Å². The van der Waals surface area contributed by atoms with Crippen molar-refractivity contribution in [1.82, 2.24) is 4.90 Å². The maximum absolute atomic E-state index is 12.8. The van der Waals surface area contributed by atoms with Crippen molar-refractivity contribution in [1.29, 1.82) is 0 Å². The van der Waals surface area contributed by atoms with Crippen LogP contribution in [0.3, 0.4) is 0 Å². The Balaban J connectivity index is 1.56. The van der Waals surface area contributed by atoms with Gasteiger partial charge in [-0.1, -0.05) is 35.8 Å². The number of nitrogens with zero attached hydrogens (tertiary/aromatic N) is 1. The summed E-state index contributed by atoms with van der Waals surface area (Å²) < 4.78 is 11.5. The van der Waals surface area contributed by atoms with E-state index in [4.69, 9.17) is 32.7 Å². The van der Waals surface area contributed by atoms with Gasteiger partial charge in [0.1, 0.15) is 0 Å². The van der Waals surface area contributed by atoms with Gasteiger partial charge in [0.15, 0.2) is 11.5 Å². The Morgan fingerprint density at radius 2 is 1.86 bits per heavy atom. The molecule has 2 heterocycles. The molecule has 0 unspecified atom stereocenters. The van der Waals surface area contributed by atoms with Crippen LogP contribution in [0, 0.1) is 0 Å². The van der Waals surface area contributed by atoms with Crippen LogP contribution in [0.1, 0.15) is 23.1 Å². The summed E-state index contributed by atoms with van der Waals surface area (Å²) in [7, 11) is 0. The molecule has 0 aromatic heterocycles. The van der Waals surface area contributed by atoms with E-state index in [-0.39, 0.29) is 5.91 Å². The standard InChI is InChI=1S/C22H19Cl2NO3/c1-14-18-13-21-20(27-9-2-10-28-21)11-16(18)7-8-25(14)22(26)6-4-15-3-5-17(23)12-19(15)24/h3-6,11-13H,1-2,7-10H2. The van der Waals surface area contributed by atoms with Crippen molar-refractivity contribution < 1.29 is 14.3 Å². The molecule has 0 spiro atoms. The minimum Gasteiger partial charge on any atom is -0.490 e. The number of carbonyl (C=O) groups excluding carboxylic acids is 1. The van der Waals surface area contributed by atoms with Gasteiger partial charge >= 0.3 is 0 Å². The third kappa shape index (κ3) is 3.75. The number of carbonyl (C=O) groups is 1. The zero-order chi connectivity index (χ0) is 19.7. The normalized spacial score (nSPS) is 16.1. The number of rotatable bonds is 2. The molecule has 2 aromatic rings. The predicted molar refractivity (Wildman–Crippen MR) is 112 cm³/mol. The van der Waals surface area contributed by atoms with Gasteiger partial charge in [-0.15, -0.1) is 0 Å². The van der Waals surface area contributed by atoms with Crippen LogP contribution < -0.4 is 9.47 Å².